The lowest BCUT2D eigenvalue weighted by atomic mass is 9.81. The van der Waals surface area contributed by atoms with Crippen LogP contribution >= 0.6 is 12.6 Å². The molecule has 2 fully saturated rings. The Morgan fingerprint density at radius 1 is 0.900 bits per heavy atom. The molecule has 0 N–H and O–H groups in total. The van der Waals surface area contributed by atoms with E-state index in [0.717, 1.165) is 18.8 Å². The first kappa shape index (κ1) is 16.6. The molecule has 1 saturated heterocycles. The monoisotopic (exact) mass is 299 g/mol. The van der Waals surface area contributed by atoms with Gasteiger partial charge >= 0.3 is 0 Å². The molecule has 2 nitrogen and oxygen atoms in total. The van der Waals surface area contributed by atoms with Gasteiger partial charge in [0, 0.05) is 19.6 Å². The average molecular weight is 300 g/mol. The van der Waals surface area contributed by atoms with Gasteiger partial charge in [0.25, 0.3) is 0 Å². The molecular formula is C17H33NOS. The van der Waals surface area contributed by atoms with Gasteiger partial charge in [-0.15, -0.1) is 0 Å². The molecule has 0 atom stereocenters. The van der Waals surface area contributed by atoms with Gasteiger partial charge in [0.1, 0.15) is 0 Å². The molecule has 1 saturated carbocycles. The zero-order chi connectivity index (χ0) is 14.9. The molecule has 3 heteroatoms. The van der Waals surface area contributed by atoms with Gasteiger partial charge in [-0.25, -0.2) is 0 Å². The third-order valence-corrected chi connectivity index (χ3v) is 5.49. The summed E-state index contributed by atoms with van der Waals surface area (Å²) in [5.74, 6) is 1.03. The fourth-order valence-electron chi connectivity index (χ4n) is 4.38. The molecule has 0 unspecified atom stereocenters. The van der Waals surface area contributed by atoms with Crippen molar-refractivity contribution >= 4 is 12.6 Å². The van der Waals surface area contributed by atoms with E-state index in [9.17, 15) is 0 Å². The second-order valence-electron chi connectivity index (χ2n) is 8.34. The maximum Gasteiger partial charge on any atom is 0.0760 e. The van der Waals surface area contributed by atoms with Crippen molar-refractivity contribution in [3.8, 4) is 0 Å². The lowest BCUT2D eigenvalue weighted by Gasteiger charge is -2.49. The van der Waals surface area contributed by atoms with Crippen molar-refractivity contribution in [2.24, 2.45) is 5.41 Å². The summed E-state index contributed by atoms with van der Waals surface area (Å²) >= 11 is 4.73. The zero-order valence-electron chi connectivity index (χ0n) is 13.9. The Balaban J connectivity index is 2.06. The lowest BCUT2D eigenvalue weighted by Crippen LogP contribution is -2.59. The highest BCUT2D eigenvalue weighted by molar-refractivity contribution is 7.80. The summed E-state index contributed by atoms with van der Waals surface area (Å²) in [5, 5.41) is 0. The largest absolute Gasteiger partial charge is 0.367 e. The molecule has 2 rings (SSSR count). The molecule has 1 aliphatic carbocycles. The summed E-state index contributed by atoms with van der Waals surface area (Å²) in [6.45, 7) is 12.2. The van der Waals surface area contributed by atoms with Crippen LogP contribution in [0.4, 0.5) is 0 Å². The first-order chi connectivity index (χ1) is 9.26. The van der Waals surface area contributed by atoms with E-state index in [1.54, 1.807) is 0 Å². The Morgan fingerprint density at radius 3 is 1.85 bits per heavy atom. The lowest BCUT2D eigenvalue weighted by molar-refractivity contribution is -0.184. The van der Waals surface area contributed by atoms with Gasteiger partial charge in [0.15, 0.2) is 0 Å². The van der Waals surface area contributed by atoms with Crippen LogP contribution in [0, 0.1) is 5.41 Å². The van der Waals surface area contributed by atoms with E-state index in [2.05, 4.69) is 32.6 Å². The molecule has 0 radical (unpaired) electrons. The summed E-state index contributed by atoms with van der Waals surface area (Å²) in [6, 6.07) is 0. The van der Waals surface area contributed by atoms with Crippen LogP contribution < -0.4 is 0 Å². The van der Waals surface area contributed by atoms with Gasteiger partial charge in [-0.2, -0.15) is 12.6 Å². The van der Waals surface area contributed by atoms with Crippen LogP contribution in [0.1, 0.15) is 66.2 Å². The van der Waals surface area contributed by atoms with E-state index < -0.39 is 0 Å². The topological polar surface area (TPSA) is 12.5 Å². The van der Waals surface area contributed by atoms with E-state index in [-0.39, 0.29) is 11.2 Å². The quantitative estimate of drug-likeness (QED) is 0.621. The molecule has 118 valence electrons. The molecular weight excluding hydrogens is 266 g/mol. The highest BCUT2D eigenvalue weighted by atomic mass is 32.1. The van der Waals surface area contributed by atoms with Crippen molar-refractivity contribution in [3.05, 3.63) is 0 Å². The van der Waals surface area contributed by atoms with Crippen molar-refractivity contribution in [1.29, 1.82) is 0 Å². The smallest absolute Gasteiger partial charge is 0.0760 e. The summed E-state index contributed by atoms with van der Waals surface area (Å²) in [6.07, 6.45) is 8.31. The van der Waals surface area contributed by atoms with Crippen molar-refractivity contribution in [1.82, 2.24) is 4.90 Å². The van der Waals surface area contributed by atoms with Crippen molar-refractivity contribution in [2.75, 3.05) is 25.4 Å². The number of rotatable bonds is 3. The highest BCUT2D eigenvalue weighted by Crippen LogP contribution is 2.39. The Hall–Kier alpha value is 0.270. The Morgan fingerprint density at radius 2 is 1.40 bits per heavy atom. The van der Waals surface area contributed by atoms with Gasteiger partial charge < -0.3 is 4.74 Å². The second kappa shape index (κ2) is 6.18. The van der Waals surface area contributed by atoms with E-state index in [0.29, 0.717) is 5.41 Å². The number of morpholine rings is 1. The fourth-order valence-corrected chi connectivity index (χ4v) is 4.79. The van der Waals surface area contributed by atoms with Gasteiger partial charge in [-0.1, -0.05) is 25.7 Å². The average Bonchev–Trinajstić information content (AvgIpc) is 2.51. The summed E-state index contributed by atoms with van der Waals surface area (Å²) in [5.41, 5.74) is 0.359. The first-order valence-corrected chi connectivity index (χ1v) is 8.93. The van der Waals surface area contributed by atoms with Crippen molar-refractivity contribution in [2.45, 2.75) is 77.4 Å². The van der Waals surface area contributed by atoms with Gasteiger partial charge in [-0.3, -0.25) is 4.90 Å². The van der Waals surface area contributed by atoms with Crippen LogP contribution in [0.5, 0.6) is 0 Å². The van der Waals surface area contributed by atoms with Crippen molar-refractivity contribution in [3.63, 3.8) is 0 Å². The van der Waals surface area contributed by atoms with Crippen LogP contribution in [-0.4, -0.2) is 41.5 Å². The third kappa shape index (κ3) is 4.38. The Labute approximate surface area is 131 Å². The minimum atomic E-state index is -0.0374. The SMILES string of the molecule is CC1(C)CN(CC2(CS)CCCCCC2)CC(C)(C)O1. The predicted molar refractivity (Wildman–Crippen MR) is 89.7 cm³/mol. The third-order valence-electron chi connectivity index (χ3n) is 4.82. The first-order valence-electron chi connectivity index (χ1n) is 8.29. The second-order valence-corrected chi connectivity index (χ2v) is 8.66. The summed E-state index contributed by atoms with van der Waals surface area (Å²) in [7, 11) is 0. The molecule has 0 bridgehead atoms. The molecule has 0 aromatic carbocycles. The van der Waals surface area contributed by atoms with E-state index in [4.69, 9.17) is 17.4 Å². The number of hydrogen-bond acceptors (Lipinski definition) is 3. The van der Waals surface area contributed by atoms with E-state index in [1.165, 1.54) is 45.1 Å². The van der Waals surface area contributed by atoms with Gasteiger partial charge in [0.05, 0.1) is 11.2 Å². The number of thiol groups is 1. The fraction of sp³-hybridized carbons (Fsp3) is 1.00. The highest BCUT2D eigenvalue weighted by Gasteiger charge is 2.41. The maximum atomic E-state index is 6.21. The molecule has 0 aromatic rings. The molecule has 0 spiro atoms. The van der Waals surface area contributed by atoms with E-state index >= 15 is 0 Å². The van der Waals surface area contributed by atoms with Crippen molar-refractivity contribution < 1.29 is 4.74 Å². The molecule has 20 heavy (non-hydrogen) atoms. The summed E-state index contributed by atoms with van der Waals surface area (Å²) < 4.78 is 6.21. The molecule has 1 heterocycles. The van der Waals surface area contributed by atoms with Crippen LogP contribution in [0.3, 0.4) is 0 Å². The predicted octanol–water partition coefficient (Wildman–Crippen LogP) is 4.15. The van der Waals surface area contributed by atoms with Crippen LogP contribution in [0.2, 0.25) is 0 Å². The normalized spacial score (nSPS) is 29.9. The van der Waals surface area contributed by atoms with Gasteiger partial charge in [0.2, 0.25) is 0 Å². The van der Waals surface area contributed by atoms with Crippen LogP contribution in [0.25, 0.3) is 0 Å². The molecule has 1 aliphatic heterocycles. The summed E-state index contributed by atoms with van der Waals surface area (Å²) in [4.78, 5) is 2.64. The Kier molecular flexibility index (Phi) is 5.14. The van der Waals surface area contributed by atoms with Crippen LogP contribution in [-0.2, 0) is 4.74 Å². The minimum absolute atomic E-state index is 0.0374. The number of hydrogen-bond donors (Lipinski definition) is 1. The van der Waals surface area contributed by atoms with E-state index in [1.807, 2.05) is 0 Å². The molecule has 2 aliphatic rings. The zero-order valence-corrected chi connectivity index (χ0v) is 14.8. The number of ether oxygens (including phenoxy) is 1. The Bertz CT molecular complexity index is 303. The maximum absolute atomic E-state index is 6.21. The van der Waals surface area contributed by atoms with Gasteiger partial charge in [-0.05, 0) is 51.7 Å². The van der Waals surface area contributed by atoms with Crippen LogP contribution in [0.15, 0.2) is 0 Å². The molecule has 0 aromatic heterocycles. The number of nitrogens with zero attached hydrogens (tertiary/aromatic N) is 1. The molecule has 0 amide bonds. The minimum Gasteiger partial charge on any atom is -0.367 e. The standard InChI is InChI=1S/C17H33NOS/c1-15(2)11-18(12-16(3,4)19-15)13-17(14-20)9-7-5-6-8-10-17/h20H,5-14H2,1-4H3.